The van der Waals surface area contributed by atoms with Crippen LogP contribution in [0, 0.1) is 0 Å². The number of hydrogen-bond acceptors (Lipinski definition) is 5. The molecule has 0 atom stereocenters. The van der Waals surface area contributed by atoms with E-state index in [1.54, 1.807) is 12.1 Å². The highest BCUT2D eigenvalue weighted by atomic mass is 79.9. The van der Waals surface area contributed by atoms with Gasteiger partial charge in [-0.3, -0.25) is 10.1 Å². The van der Waals surface area contributed by atoms with E-state index in [-0.39, 0.29) is 5.91 Å². The Morgan fingerprint density at radius 1 is 0.962 bits per heavy atom. The molecule has 5 nitrogen and oxygen atoms in total. The van der Waals surface area contributed by atoms with Crippen molar-refractivity contribution >= 4 is 43.4 Å². The molecule has 0 saturated heterocycles. The Morgan fingerprint density at radius 2 is 1.69 bits per heavy atom. The van der Waals surface area contributed by atoms with E-state index in [4.69, 9.17) is 0 Å². The smallest absolute Gasteiger partial charge is 0.257 e. The average molecular weight is 431 g/mol. The summed E-state index contributed by atoms with van der Waals surface area (Å²) >= 11 is 4.69. The van der Waals surface area contributed by atoms with E-state index in [0.29, 0.717) is 10.7 Å². The Balaban J connectivity index is 1.40. The largest absolute Gasteiger partial charge is 0.360 e. The molecule has 1 heterocycles. The zero-order chi connectivity index (χ0) is 18.2. The van der Waals surface area contributed by atoms with Crippen LogP contribution in [-0.2, 0) is 6.42 Å². The van der Waals surface area contributed by atoms with Gasteiger partial charge in [0.05, 0.1) is 0 Å². The van der Waals surface area contributed by atoms with Gasteiger partial charge in [-0.25, -0.2) is 0 Å². The summed E-state index contributed by atoms with van der Waals surface area (Å²) in [5.41, 5.74) is 1.94. The van der Waals surface area contributed by atoms with Crippen LogP contribution in [0.5, 0.6) is 0 Å². The van der Waals surface area contributed by atoms with Crippen molar-refractivity contribution in [1.82, 2.24) is 10.2 Å². The van der Waals surface area contributed by atoms with Crippen molar-refractivity contribution in [2.75, 3.05) is 17.2 Å². The summed E-state index contributed by atoms with van der Waals surface area (Å²) < 4.78 is 0.934. The van der Waals surface area contributed by atoms with Crippen molar-refractivity contribution in [2.24, 2.45) is 0 Å². The lowest BCUT2D eigenvalue weighted by atomic mass is 10.1. The van der Waals surface area contributed by atoms with Crippen molar-refractivity contribution in [3.05, 3.63) is 70.2 Å². The number of nitrogens with one attached hydrogen (secondary N) is 2. The third-order valence-corrected chi connectivity index (χ3v) is 5.09. The van der Waals surface area contributed by atoms with Gasteiger partial charge in [0.25, 0.3) is 5.91 Å². The maximum Gasteiger partial charge on any atom is 0.257 e. The molecule has 0 unspecified atom stereocenters. The molecule has 0 radical (unpaired) electrons. The number of amides is 1. The molecule has 1 amide bonds. The van der Waals surface area contributed by atoms with Gasteiger partial charge in [0, 0.05) is 16.6 Å². The summed E-state index contributed by atoms with van der Waals surface area (Å²) in [5, 5.41) is 15.3. The van der Waals surface area contributed by atoms with E-state index >= 15 is 0 Å². The lowest BCUT2D eigenvalue weighted by Gasteiger charge is -2.03. The standard InChI is InChI=1S/C19H19BrN4OS/c20-16-11-9-15(10-12-16)17(25)22-19-24-23-18(26-19)21-13-5-4-8-14-6-2-1-3-7-14/h1-3,6-7,9-12H,4-5,8,13H2,(H,21,23)(H,22,24,25). The SMILES string of the molecule is O=C(Nc1nnc(NCCCCc2ccccc2)s1)c1ccc(Br)cc1. The normalized spacial score (nSPS) is 10.5. The fraction of sp³-hybridized carbons (Fsp3) is 0.211. The number of anilines is 2. The molecule has 26 heavy (non-hydrogen) atoms. The van der Waals surface area contributed by atoms with Gasteiger partial charge in [-0.2, -0.15) is 0 Å². The molecule has 2 N–H and O–H groups in total. The van der Waals surface area contributed by atoms with Crippen LogP contribution >= 0.6 is 27.3 Å². The Hall–Kier alpha value is -2.25. The summed E-state index contributed by atoms with van der Waals surface area (Å²) in [5.74, 6) is -0.192. The van der Waals surface area contributed by atoms with Gasteiger partial charge < -0.3 is 5.32 Å². The van der Waals surface area contributed by atoms with E-state index in [0.717, 1.165) is 35.4 Å². The summed E-state index contributed by atoms with van der Waals surface area (Å²) in [7, 11) is 0. The number of rotatable bonds is 8. The van der Waals surface area contributed by atoms with Crippen LogP contribution in [0.3, 0.4) is 0 Å². The minimum atomic E-state index is -0.192. The van der Waals surface area contributed by atoms with Crippen molar-refractivity contribution in [3.8, 4) is 0 Å². The molecule has 1 aromatic heterocycles. The van der Waals surface area contributed by atoms with Crippen LogP contribution in [0.4, 0.5) is 10.3 Å². The molecular formula is C19H19BrN4OS. The summed E-state index contributed by atoms with van der Waals surface area (Å²) in [6.45, 7) is 0.835. The number of halogens is 1. The van der Waals surface area contributed by atoms with Gasteiger partial charge in [-0.05, 0) is 49.1 Å². The molecule has 0 aliphatic heterocycles. The first-order valence-electron chi connectivity index (χ1n) is 8.39. The van der Waals surface area contributed by atoms with Gasteiger partial charge >= 0.3 is 0 Å². The lowest BCUT2D eigenvalue weighted by molar-refractivity contribution is 0.102. The number of aryl methyl sites for hydroxylation is 1. The summed E-state index contributed by atoms with van der Waals surface area (Å²) in [6.07, 6.45) is 3.24. The number of unbranched alkanes of at least 4 members (excludes halogenated alkanes) is 1. The molecule has 3 aromatic rings. The molecule has 0 spiro atoms. The average Bonchev–Trinajstić information content (AvgIpc) is 3.10. The Morgan fingerprint density at radius 3 is 2.46 bits per heavy atom. The first-order chi connectivity index (χ1) is 12.7. The molecule has 0 aliphatic carbocycles. The Bertz CT molecular complexity index is 836. The first kappa shape index (κ1) is 18.5. The van der Waals surface area contributed by atoms with Gasteiger partial charge in [-0.15, -0.1) is 10.2 Å². The van der Waals surface area contributed by atoms with Crippen LogP contribution in [0.1, 0.15) is 28.8 Å². The topological polar surface area (TPSA) is 66.9 Å². The highest BCUT2D eigenvalue weighted by Gasteiger charge is 2.10. The zero-order valence-electron chi connectivity index (χ0n) is 14.1. The second kappa shape index (κ2) is 9.45. The van der Waals surface area contributed by atoms with Crippen LogP contribution in [-0.4, -0.2) is 22.6 Å². The lowest BCUT2D eigenvalue weighted by Crippen LogP contribution is -2.11. The third kappa shape index (κ3) is 5.64. The number of benzene rings is 2. The van der Waals surface area contributed by atoms with Crippen LogP contribution in [0.15, 0.2) is 59.1 Å². The summed E-state index contributed by atoms with van der Waals surface area (Å²) in [6, 6.07) is 17.6. The summed E-state index contributed by atoms with van der Waals surface area (Å²) in [4.78, 5) is 12.2. The molecule has 7 heteroatoms. The number of carbonyl (C=O) groups excluding carboxylic acids is 1. The van der Waals surface area contributed by atoms with Crippen LogP contribution in [0.25, 0.3) is 0 Å². The van der Waals surface area contributed by atoms with Gasteiger partial charge in [0.2, 0.25) is 10.3 Å². The van der Waals surface area contributed by atoms with E-state index in [1.807, 2.05) is 18.2 Å². The van der Waals surface area contributed by atoms with Crippen LogP contribution in [0.2, 0.25) is 0 Å². The third-order valence-electron chi connectivity index (χ3n) is 3.76. The van der Waals surface area contributed by atoms with Crippen molar-refractivity contribution in [3.63, 3.8) is 0 Å². The van der Waals surface area contributed by atoms with Gasteiger partial charge in [-0.1, -0.05) is 57.6 Å². The molecule has 3 rings (SSSR count). The molecule has 0 bridgehead atoms. The molecule has 0 aliphatic rings. The Labute approximate surface area is 165 Å². The van der Waals surface area contributed by atoms with Gasteiger partial charge in [0.15, 0.2) is 0 Å². The first-order valence-corrected chi connectivity index (χ1v) is 10.00. The highest BCUT2D eigenvalue weighted by molar-refractivity contribution is 9.10. The van der Waals surface area contributed by atoms with E-state index in [9.17, 15) is 4.79 Å². The van der Waals surface area contributed by atoms with E-state index in [2.05, 4.69) is 61.0 Å². The highest BCUT2D eigenvalue weighted by Crippen LogP contribution is 2.21. The number of carbonyl (C=O) groups is 1. The van der Waals surface area contributed by atoms with E-state index in [1.165, 1.54) is 16.9 Å². The molecule has 0 saturated carbocycles. The number of hydrogen-bond donors (Lipinski definition) is 2. The predicted octanol–water partition coefficient (Wildman–Crippen LogP) is 4.99. The second-order valence-corrected chi connectivity index (χ2v) is 7.64. The maximum absolute atomic E-state index is 12.2. The van der Waals surface area contributed by atoms with Gasteiger partial charge in [0.1, 0.15) is 0 Å². The Kier molecular flexibility index (Phi) is 6.74. The predicted molar refractivity (Wildman–Crippen MR) is 110 cm³/mol. The zero-order valence-corrected chi connectivity index (χ0v) is 16.5. The monoisotopic (exact) mass is 430 g/mol. The fourth-order valence-corrected chi connectivity index (χ4v) is 3.34. The minimum Gasteiger partial charge on any atom is -0.360 e. The molecule has 134 valence electrons. The van der Waals surface area contributed by atoms with Crippen molar-refractivity contribution < 1.29 is 4.79 Å². The minimum absolute atomic E-state index is 0.192. The van der Waals surface area contributed by atoms with Crippen molar-refractivity contribution in [2.45, 2.75) is 19.3 Å². The quantitative estimate of drug-likeness (QED) is 0.494. The molecular weight excluding hydrogens is 412 g/mol. The van der Waals surface area contributed by atoms with Crippen molar-refractivity contribution in [1.29, 1.82) is 0 Å². The molecule has 2 aromatic carbocycles. The molecule has 0 fully saturated rings. The number of nitrogens with zero attached hydrogens (tertiary/aromatic N) is 2. The maximum atomic E-state index is 12.2. The fourth-order valence-electron chi connectivity index (χ4n) is 2.41. The number of aromatic nitrogens is 2. The van der Waals surface area contributed by atoms with Crippen LogP contribution < -0.4 is 10.6 Å². The second-order valence-electron chi connectivity index (χ2n) is 5.74. The van der Waals surface area contributed by atoms with E-state index < -0.39 is 0 Å².